The fourth-order valence-corrected chi connectivity index (χ4v) is 1.35. The molecule has 16 heavy (non-hydrogen) atoms. The molecule has 0 heterocycles. The van der Waals surface area contributed by atoms with Gasteiger partial charge >= 0.3 is 0 Å². The fraction of sp³-hybridized carbons (Fsp3) is 1.00. The van der Waals surface area contributed by atoms with Gasteiger partial charge in [-0.15, -0.1) is 0 Å². The molecule has 0 aromatic carbocycles. The first-order chi connectivity index (χ1) is 7.81. The summed E-state index contributed by atoms with van der Waals surface area (Å²) in [7, 11) is 0. The summed E-state index contributed by atoms with van der Waals surface area (Å²) in [6.07, 6.45) is 5.27. The van der Waals surface area contributed by atoms with E-state index in [1.54, 1.807) is 0 Å². The van der Waals surface area contributed by atoms with E-state index in [0.29, 0.717) is 0 Å². The Morgan fingerprint density at radius 3 is 2.00 bits per heavy atom. The van der Waals surface area contributed by atoms with E-state index in [1.807, 2.05) is 13.8 Å². The van der Waals surface area contributed by atoms with Gasteiger partial charge in [-0.3, -0.25) is 0 Å². The largest absolute Gasteiger partial charge is 0.317 e. The van der Waals surface area contributed by atoms with Crippen molar-refractivity contribution in [3.8, 4) is 0 Å². The molecule has 0 saturated carbocycles. The van der Waals surface area contributed by atoms with Crippen LogP contribution >= 0.6 is 0 Å². The first-order valence-corrected chi connectivity index (χ1v) is 7.22. The number of unbranched alkanes of at least 4 members (excludes halogenated alkanes) is 2. The van der Waals surface area contributed by atoms with Gasteiger partial charge < -0.3 is 10.6 Å². The molecule has 2 nitrogen and oxygen atoms in total. The van der Waals surface area contributed by atoms with Crippen LogP contribution in [0.25, 0.3) is 0 Å². The van der Waals surface area contributed by atoms with Crippen molar-refractivity contribution in [3.63, 3.8) is 0 Å². The van der Waals surface area contributed by atoms with Gasteiger partial charge in [0.25, 0.3) is 0 Å². The van der Waals surface area contributed by atoms with E-state index >= 15 is 0 Å². The lowest BCUT2D eigenvalue weighted by atomic mass is 10.1. The Morgan fingerprint density at radius 2 is 1.50 bits per heavy atom. The number of hydrogen-bond donors (Lipinski definition) is 2. The minimum atomic E-state index is 0. The quantitative estimate of drug-likeness (QED) is 0.560. The molecular weight excluding hydrogens is 196 g/mol. The molecule has 104 valence electrons. The molecule has 0 aliphatic heterocycles. The van der Waals surface area contributed by atoms with Crippen LogP contribution in [0.4, 0.5) is 0 Å². The Hall–Kier alpha value is -0.0800. The molecule has 2 N–H and O–H groups in total. The Kier molecular flexibility index (Phi) is 19.8. The molecule has 0 bridgehead atoms. The minimum absolute atomic E-state index is 0. The van der Waals surface area contributed by atoms with Crippen LogP contribution in [0.5, 0.6) is 0 Å². The van der Waals surface area contributed by atoms with E-state index in [2.05, 4.69) is 31.4 Å². The lowest BCUT2D eigenvalue weighted by Crippen LogP contribution is -2.22. The highest BCUT2D eigenvalue weighted by Gasteiger charge is 1.96. The zero-order valence-corrected chi connectivity index (χ0v) is 12.2. The molecule has 0 aliphatic carbocycles. The molecule has 0 amide bonds. The van der Waals surface area contributed by atoms with E-state index in [1.165, 1.54) is 45.3 Å². The van der Waals surface area contributed by atoms with Gasteiger partial charge in [-0.05, 0) is 44.9 Å². The van der Waals surface area contributed by atoms with Crippen molar-refractivity contribution < 1.29 is 2.85 Å². The van der Waals surface area contributed by atoms with Gasteiger partial charge in [-0.1, -0.05) is 47.5 Å². The molecule has 0 radical (unpaired) electrons. The van der Waals surface area contributed by atoms with Crippen molar-refractivity contribution in [2.45, 2.75) is 60.3 Å². The molecular formula is C14H38N2. The summed E-state index contributed by atoms with van der Waals surface area (Å²) in [5, 5.41) is 6.85. The summed E-state index contributed by atoms with van der Waals surface area (Å²) < 4.78 is 0. The molecule has 0 aliphatic rings. The van der Waals surface area contributed by atoms with E-state index < -0.39 is 0 Å². The first-order valence-electron chi connectivity index (χ1n) is 7.22. The standard InChI is InChI=1S/C12H28N2.C2H6.2H2/c1-4-12(3)11-14-10-8-6-7-9-13-5-2;1-2;;/h12-14H,4-11H2,1-3H3;1-2H3;2*1H. The highest BCUT2D eigenvalue weighted by Crippen LogP contribution is 1.98. The van der Waals surface area contributed by atoms with Crippen LogP contribution in [-0.4, -0.2) is 26.2 Å². The van der Waals surface area contributed by atoms with Crippen molar-refractivity contribution in [2.75, 3.05) is 26.2 Å². The van der Waals surface area contributed by atoms with Crippen LogP contribution < -0.4 is 10.6 Å². The predicted octanol–water partition coefficient (Wildman–Crippen LogP) is 3.92. The molecule has 0 rings (SSSR count). The smallest absolute Gasteiger partial charge is 0 e. The maximum atomic E-state index is 3.51. The highest BCUT2D eigenvalue weighted by molar-refractivity contribution is 4.55. The van der Waals surface area contributed by atoms with E-state index in [0.717, 1.165) is 12.5 Å². The molecule has 0 spiro atoms. The van der Waals surface area contributed by atoms with Crippen molar-refractivity contribution in [2.24, 2.45) is 5.92 Å². The van der Waals surface area contributed by atoms with Crippen LogP contribution in [0.1, 0.15) is 63.2 Å². The van der Waals surface area contributed by atoms with Gasteiger partial charge in [0.05, 0.1) is 0 Å². The van der Waals surface area contributed by atoms with Gasteiger partial charge in [0.15, 0.2) is 0 Å². The second-order valence-electron chi connectivity index (χ2n) is 4.13. The first kappa shape index (κ1) is 18.3. The fourth-order valence-electron chi connectivity index (χ4n) is 1.35. The van der Waals surface area contributed by atoms with Crippen LogP contribution in [-0.2, 0) is 0 Å². The van der Waals surface area contributed by atoms with Crippen molar-refractivity contribution >= 4 is 0 Å². The number of hydrogen-bond acceptors (Lipinski definition) is 2. The Balaban J connectivity index is -0.000000232. The van der Waals surface area contributed by atoms with Crippen molar-refractivity contribution in [1.82, 2.24) is 10.6 Å². The second kappa shape index (κ2) is 17.3. The molecule has 0 saturated heterocycles. The Labute approximate surface area is 107 Å². The monoisotopic (exact) mass is 234 g/mol. The summed E-state index contributed by atoms with van der Waals surface area (Å²) in [6, 6.07) is 0. The molecule has 0 aromatic heterocycles. The second-order valence-corrected chi connectivity index (χ2v) is 4.13. The van der Waals surface area contributed by atoms with E-state index in [4.69, 9.17) is 0 Å². The lowest BCUT2D eigenvalue weighted by molar-refractivity contribution is 0.487. The van der Waals surface area contributed by atoms with Crippen LogP contribution in [0.3, 0.4) is 0 Å². The average Bonchev–Trinajstić information content (AvgIpc) is 2.34. The van der Waals surface area contributed by atoms with Crippen molar-refractivity contribution in [1.29, 1.82) is 0 Å². The van der Waals surface area contributed by atoms with Crippen LogP contribution in [0.2, 0.25) is 0 Å². The van der Waals surface area contributed by atoms with Gasteiger partial charge in [0.1, 0.15) is 0 Å². The number of nitrogens with one attached hydrogen (secondary N) is 2. The summed E-state index contributed by atoms with van der Waals surface area (Å²) in [5.41, 5.74) is 0. The average molecular weight is 234 g/mol. The van der Waals surface area contributed by atoms with Gasteiger partial charge in [0, 0.05) is 2.85 Å². The maximum Gasteiger partial charge on any atom is 0 e. The van der Waals surface area contributed by atoms with Gasteiger partial charge in [-0.25, -0.2) is 0 Å². The summed E-state index contributed by atoms with van der Waals surface area (Å²) in [5.74, 6) is 0.830. The predicted molar refractivity (Wildman–Crippen MR) is 80.3 cm³/mol. The summed E-state index contributed by atoms with van der Waals surface area (Å²) in [6.45, 7) is 15.4. The number of rotatable bonds is 10. The molecule has 1 atom stereocenters. The van der Waals surface area contributed by atoms with E-state index in [-0.39, 0.29) is 2.85 Å². The highest BCUT2D eigenvalue weighted by atomic mass is 14.9. The third kappa shape index (κ3) is 16.4. The topological polar surface area (TPSA) is 24.1 Å². The normalized spacial score (nSPS) is 11.8. The van der Waals surface area contributed by atoms with Crippen LogP contribution in [0.15, 0.2) is 0 Å². The summed E-state index contributed by atoms with van der Waals surface area (Å²) >= 11 is 0. The van der Waals surface area contributed by atoms with E-state index in [9.17, 15) is 0 Å². The third-order valence-electron chi connectivity index (χ3n) is 2.65. The van der Waals surface area contributed by atoms with Crippen LogP contribution in [0, 0.1) is 5.92 Å². The summed E-state index contributed by atoms with van der Waals surface area (Å²) in [4.78, 5) is 0. The van der Waals surface area contributed by atoms with Crippen molar-refractivity contribution in [3.05, 3.63) is 0 Å². The Bertz CT molecular complexity index is 114. The molecule has 2 heteroatoms. The SMILES string of the molecule is CC.CCNCCCCCNCC(C)CC.[HH].[HH]. The zero-order chi connectivity index (χ0) is 12.6. The lowest BCUT2D eigenvalue weighted by Gasteiger charge is -2.09. The van der Waals surface area contributed by atoms with Gasteiger partial charge in [0.2, 0.25) is 0 Å². The zero-order valence-electron chi connectivity index (χ0n) is 12.2. The molecule has 0 aromatic rings. The maximum absolute atomic E-state index is 3.51. The van der Waals surface area contributed by atoms with Gasteiger partial charge in [-0.2, -0.15) is 0 Å². The minimum Gasteiger partial charge on any atom is -0.317 e. The molecule has 1 unspecified atom stereocenters. The Morgan fingerprint density at radius 1 is 0.938 bits per heavy atom. The molecule has 0 fully saturated rings. The third-order valence-corrected chi connectivity index (χ3v) is 2.65.